The summed E-state index contributed by atoms with van der Waals surface area (Å²) < 4.78 is 1.52. The summed E-state index contributed by atoms with van der Waals surface area (Å²) in [4.78, 5) is 24.1. The van der Waals surface area contributed by atoms with Gasteiger partial charge >= 0.3 is 5.69 Å². The largest absolute Gasteiger partial charge is 0.394 e. The molecule has 9 heteroatoms. The van der Waals surface area contributed by atoms with E-state index in [1.807, 2.05) is 13.8 Å². The third-order valence-corrected chi connectivity index (χ3v) is 3.80. The van der Waals surface area contributed by atoms with Gasteiger partial charge in [-0.2, -0.15) is 5.10 Å². The highest BCUT2D eigenvalue weighted by Gasteiger charge is 2.29. The summed E-state index contributed by atoms with van der Waals surface area (Å²) in [5.74, 6) is -0.322. The maximum absolute atomic E-state index is 12.3. The fourth-order valence-corrected chi connectivity index (χ4v) is 2.34. The monoisotopic (exact) mass is 320 g/mol. The molecule has 0 radical (unpaired) electrons. The van der Waals surface area contributed by atoms with E-state index in [1.165, 1.54) is 23.2 Å². The molecule has 1 unspecified atom stereocenters. The first-order valence-corrected chi connectivity index (χ1v) is 7.33. The number of aromatic nitrogens is 2. The summed E-state index contributed by atoms with van der Waals surface area (Å²) in [5, 5.41) is 22.4. The van der Waals surface area contributed by atoms with Gasteiger partial charge in [0.2, 0.25) is 0 Å². The molecule has 124 valence electrons. The second-order valence-electron chi connectivity index (χ2n) is 5.84. The van der Waals surface area contributed by atoms with Gasteiger partial charge in [0.15, 0.2) is 0 Å². The minimum absolute atomic E-state index is 0.00250. The topological polar surface area (TPSA) is 131 Å². The van der Waals surface area contributed by atoms with Gasteiger partial charge in [0.05, 0.1) is 16.7 Å². The molecule has 23 heavy (non-hydrogen) atoms. The van der Waals surface area contributed by atoms with Gasteiger partial charge in [-0.1, -0.05) is 13.8 Å². The molecule has 1 aliphatic heterocycles. The molecule has 1 atom stereocenters. The number of carbonyl (C=O) groups is 1. The zero-order chi connectivity index (χ0) is 17.1. The number of hydrogen-bond acceptors (Lipinski definition) is 6. The van der Waals surface area contributed by atoms with Gasteiger partial charge in [0.25, 0.3) is 5.91 Å². The molecule has 0 aromatic carbocycles. The van der Waals surface area contributed by atoms with Crippen LogP contribution in [0.15, 0.2) is 24.2 Å². The second-order valence-corrected chi connectivity index (χ2v) is 5.84. The summed E-state index contributed by atoms with van der Waals surface area (Å²) in [7, 11) is 0. The van der Waals surface area contributed by atoms with Crippen LogP contribution in [0, 0.1) is 21.4 Å². The van der Waals surface area contributed by atoms with Gasteiger partial charge in [0, 0.05) is 18.8 Å². The summed E-state index contributed by atoms with van der Waals surface area (Å²) in [6, 6.07) is -0.106. The summed E-state index contributed by atoms with van der Waals surface area (Å²) in [6.07, 6.45) is 4.60. The van der Waals surface area contributed by atoms with Crippen LogP contribution in [0.2, 0.25) is 0 Å². The Balaban J connectivity index is 2.02. The number of likely N-dealkylation sites (tertiary alicyclic amines) is 1. The third kappa shape index (κ3) is 3.74. The zero-order valence-electron chi connectivity index (χ0n) is 13.1. The minimum Gasteiger partial charge on any atom is -0.394 e. The number of amides is 1. The molecule has 1 fully saturated rings. The van der Waals surface area contributed by atoms with Gasteiger partial charge in [-0.3, -0.25) is 19.6 Å². The van der Waals surface area contributed by atoms with Crippen LogP contribution < -0.4 is 5.73 Å². The first kappa shape index (κ1) is 16.7. The number of nitrogens with two attached hydrogens (primary N) is 1. The van der Waals surface area contributed by atoms with Crippen molar-refractivity contribution >= 4 is 17.3 Å². The third-order valence-electron chi connectivity index (χ3n) is 3.80. The predicted octanol–water partition coefficient (Wildman–Crippen LogP) is 1.08. The molecule has 3 N–H and O–H groups in total. The molecule has 2 heterocycles. The molecular weight excluding hydrogens is 300 g/mol. The predicted molar refractivity (Wildman–Crippen MR) is 84.0 cm³/mol. The van der Waals surface area contributed by atoms with E-state index in [4.69, 9.17) is 11.1 Å². The molecule has 1 saturated heterocycles. The highest BCUT2D eigenvalue weighted by Crippen LogP contribution is 2.23. The lowest BCUT2D eigenvalue weighted by atomic mass is 10.1. The lowest BCUT2D eigenvalue weighted by Crippen LogP contribution is -2.33. The average Bonchev–Trinajstić information content (AvgIpc) is 3.14. The van der Waals surface area contributed by atoms with Crippen molar-refractivity contribution in [2.24, 2.45) is 11.7 Å². The Morgan fingerprint density at radius 2 is 2.30 bits per heavy atom. The Morgan fingerprint density at radius 1 is 1.61 bits per heavy atom. The highest BCUT2D eigenvalue weighted by atomic mass is 16.6. The van der Waals surface area contributed by atoms with E-state index >= 15 is 0 Å². The summed E-state index contributed by atoms with van der Waals surface area (Å²) in [5.41, 5.74) is 6.05. The Bertz CT molecular complexity index is 663. The SMILES string of the molecule is CC(C)C(=N)/C=C(\N)C(=O)N1CCC(n2cc([N+](=O)[O-])cn2)C1. The number of carbonyl (C=O) groups excluding carboxylic acids is 1. The van der Waals surface area contributed by atoms with Crippen LogP contribution in [0.4, 0.5) is 5.69 Å². The standard InChI is InChI=1S/C14H20N6O3/c1-9(2)12(15)5-13(16)14(21)18-4-3-10(7-18)19-8-11(6-17-19)20(22)23/h5-6,8-10,15H,3-4,7,16H2,1-2H3/b13-5-,15-12?. The number of nitrogens with zero attached hydrogens (tertiary/aromatic N) is 4. The van der Waals surface area contributed by atoms with Crippen LogP contribution in [0.25, 0.3) is 0 Å². The molecule has 0 spiro atoms. The maximum Gasteiger partial charge on any atom is 0.307 e. The molecule has 9 nitrogen and oxygen atoms in total. The van der Waals surface area contributed by atoms with Gasteiger partial charge in [0.1, 0.15) is 12.4 Å². The molecule has 1 aromatic rings. The Kier molecular flexibility index (Phi) is 4.77. The van der Waals surface area contributed by atoms with E-state index in [-0.39, 0.29) is 29.3 Å². The van der Waals surface area contributed by atoms with Crippen molar-refractivity contribution in [3.8, 4) is 0 Å². The fraction of sp³-hybridized carbons (Fsp3) is 0.500. The molecule has 1 amide bonds. The first-order chi connectivity index (χ1) is 10.8. The van der Waals surface area contributed by atoms with E-state index in [0.717, 1.165) is 0 Å². The highest BCUT2D eigenvalue weighted by molar-refractivity contribution is 6.02. The fourth-order valence-electron chi connectivity index (χ4n) is 2.34. The molecule has 0 saturated carbocycles. The van der Waals surface area contributed by atoms with Crippen molar-refractivity contribution < 1.29 is 9.72 Å². The Hall–Kier alpha value is -2.71. The van der Waals surface area contributed by atoms with Crippen molar-refractivity contribution in [1.29, 1.82) is 5.41 Å². The van der Waals surface area contributed by atoms with Gasteiger partial charge in [-0.15, -0.1) is 0 Å². The van der Waals surface area contributed by atoms with Crippen molar-refractivity contribution in [2.75, 3.05) is 13.1 Å². The van der Waals surface area contributed by atoms with Gasteiger partial charge < -0.3 is 16.0 Å². The van der Waals surface area contributed by atoms with Gasteiger partial charge in [-0.05, 0) is 18.4 Å². The van der Waals surface area contributed by atoms with Gasteiger partial charge in [-0.25, -0.2) is 0 Å². The molecule has 1 aromatic heterocycles. The van der Waals surface area contributed by atoms with Crippen LogP contribution in [0.5, 0.6) is 0 Å². The quantitative estimate of drug-likeness (QED) is 0.363. The van der Waals surface area contributed by atoms with E-state index in [0.29, 0.717) is 25.2 Å². The maximum atomic E-state index is 12.3. The van der Waals surface area contributed by atoms with Crippen LogP contribution in [0.1, 0.15) is 26.3 Å². The Labute approximate surface area is 133 Å². The first-order valence-electron chi connectivity index (χ1n) is 7.33. The van der Waals surface area contributed by atoms with E-state index in [9.17, 15) is 14.9 Å². The molecule has 2 rings (SSSR count). The van der Waals surface area contributed by atoms with E-state index in [2.05, 4.69) is 5.10 Å². The van der Waals surface area contributed by atoms with E-state index < -0.39 is 4.92 Å². The zero-order valence-corrected chi connectivity index (χ0v) is 13.1. The summed E-state index contributed by atoms with van der Waals surface area (Å²) in [6.45, 7) is 4.60. The van der Waals surface area contributed by atoms with Crippen LogP contribution >= 0.6 is 0 Å². The molecule has 0 bridgehead atoms. The lowest BCUT2D eigenvalue weighted by Gasteiger charge is -2.17. The van der Waals surface area contributed by atoms with Crippen molar-refractivity contribution in [2.45, 2.75) is 26.3 Å². The lowest BCUT2D eigenvalue weighted by molar-refractivity contribution is -0.385. The minimum atomic E-state index is -0.500. The smallest absolute Gasteiger partial charge is 0.307 e. The van der Waals surface area contributed by atoms with Crippen molar-refractivity contribution in [3.05, 3.63) is 34.3 Å². The second kappa shape index (κ2) is 6.59. The van der Waals surface area contributed by atoms with Crippen molar-refractivity contribution in [1.82, 2.24) is 14.7 Å². The van der Waals surface area contributed by atoms with Crippen LogP contribution in [-0.2, 0) is 4.79 Å². The van der Waals surface area contributed by atoms with E-state index in [1.54, 1.807) is 4.90 Å². The normalized spacial score (nSPS) is 18.5. The number of hydrogen-bond donors (Lipinski definition) is 2. The number of nitro groups is 1. The number of allylic oxidation sites excluding steroid dienone is 1. The Morgan fingerprint density at radius 3 is 2.87 bits per heavy atom. The summed E-state index contributed by atoms with van der Waals surface area (Å²) >= 11 is 0. The van der Waals surface area contributed by atoms with Crippen LogP contribution in [0.3, 0.4) is 0 Å². The average molecular weight is 320 g/mol. The molecular formula is C14H20N6O3. The molecule has 0 aliphatic carbocycles. The van der Waals surface area contributed by atoms with Crippen LogP contribution in [-0.4, -0.2) is 44.3 Å². The number of rotatable bonds is 5. The molecule has 1 aliphatic rings. The number of nitrogens with one attached hydrogen (secondary N) is 1. The van der Waals surface area contributed by atoms with Crippen molar-refractivity contribution in [3.63, 3.8) is 0 Å².